The minimum absolute atomic E-state index is 0. The summed E-state index contributed by atoms with van der Waals surface area (Å²) in [6, 6.07) is 0. The molecule has 8 heteroatoms. The molecule has 0 aliphatic rings. The van der Waals surface area contributed by atoms with Gasteiger partial charge in [-0.1, -0.05) is 0 Å². The number of hydrogen-bond acceptors (Lipinski definition) is 2. The Labute approximate surface area is 121 Å². The molecule has 8 heavy (non-hydrogen) atoms. The molecule has 0 aliphatic heterocycles. The molecule has 0 aromatic carbocycles. The zero-order chi connectivity index (χ0) is 4.28. The van der Waals surface area contributed by atoms with Crippen LogP contribution in [0.5, 0.6) is 0 Å². The molecular weight excluding hydrogens is 185 g/mol. The maximum absolute atomic E-state index is 10.1. The average molecular weight is 193 g/mol. The van der Waals surface area contributed by atoms with Crippen molar-refractivity contribution in [3.05, 3.63) is 0 Å². The molecule has 0 heterocycles. The van der Waals surface area contributed by atoms with Gasteiger partial charge in [-0.05, 0) is 0 Å². The molecule has 0 aromatic rings. The summed E-state index contributed by atoms with van der Waals surface area (Å²) in [7, 11) is -3.29. The van der Waals surface area contributed by atoms with Crippen molar-refractivity contribution >= 4 is 49.6 Å². The molecule has 0 rings (SSSR count). The first-order valence-corrected chi connectivity index (χ1v) is 2.05. The van der Waals surface area contributed by atoms with Gasteiger partial charge in [0, 0.05) is 4.53 Å². The molecule has 0 aliphatic carbocycles. The maximum atomic E-state index is 10.1. The Bertz CT molecular complexity index is 63.8. The summed E-state index contributed by atoms with van der Waals surface area (Å²) in [5.74, 6) is 0. The van der Waals surface area contributed by atoms with Crippen molar-refractivity contribution in [2.24, 2.45) is 0 Å². The van der Waals surface area contributed by atoms with Crippen LogP contribution >= 0.6 is 0 Å². The third kappa shape index (κ3) is 23.6. The molecule has 0 bridgehead atoms. The molecule has 0 atom stereocenters. The van der Waals surface area contributed by atoms with Crippen molar-refractivity contribution < 1.29 is 74.1 Å². The van der Waals surface area contributed by atoms with Crippen LogP contribution in [-0.2, 0) is 9.09 Å². The van der Waals surface area contributed by atoms with Crippen molar-refractivity contribution in [3.8, 4) is 0 Å². The standard InChI is InChI=1S/Al.FHO3Si.K.Mg.6H/c;1-4-5(2)3;;;;;;;;/h;2H;;;;;;;;/q;;+1;+2;;;;3*-1. The van der Waals surface area contributed by atoms with Crippen LogP contribution in [0.1, 0.15) is 4.28 Å². The van der Waals surface area contributed by atoms with Crippen LogP contribution in [0.3, 0.4) is 0 Å². The van der Waals surface area contributed by atoms with Gasteiger partial charge in [0.1, 0.15) is 0 Å². The summed E-state index contributed by atoms with van der Waals surface area (Å²) in [6.07, 6.45) is 0. The van der Waals surface area contributed by atoms with Gasteiger partial charge in [0.2, 0.25) is 0 Å². The first-order valence-electron chi connectivity index (χ1n) is 0.786. The van der Waals surface area contributed by atoms with Gasteiger partial charge in [-0.2, -0.15) is 0 Å². The van der Waals surface area contributed by atoms with E-state index in [4.69, 9.17) is 9.26 Å². The van der Waals surface area contributed by atoms with E-state index in [2.05, 4.69) is 4.63 Å². The second kappa shape index (κ2) is 16.2. The van der Waals surface area contributed by atoms with Gasteiger partial charge in [-0.25, -0.2) is 0 Å². The molecule has 0 saturated carbocycles. The largest absolute Gasteiger partial charge is 2.00 e. The van der Waals surface area contributed by atoms with Crippen LogP contribution < -0.4 is 51.4 Å². The van der Waals surface area contributed by atoms with E-state index < -0.39 is 9.17 Å². The molecule has 0 saturated heterocycles. The second-order valence-electron chi connectivity index (χ2n) is 0.343. The van der Waals surface area contributed by atoms with Gasteiger partial charge in [-0.3, -0.25) is 9.09 Å². The summed E-state index contributed by atoms with van der Waals surface area (Å²) in [4.78, 5) is 7.31. The SMILES string of the molecule is O=[Si](O)OF.[AlH3].[H-].[H-].[H-].[K+].[Mg+2]. The Morgan fingerprint density at radius 1 is 1.75 bits per heavy atom. The van der Waals surface area contributed by atoms with Crippen LogP contribution in [0, 0.1) is 0 Å². The second-order valence-corrected chi connectivity index (χ2v) is 1.03. The van der Waals surface area contributed by atoms with Crippen LogP contribution in [-0.4, -0.2) is 54.4 Å². The quantitative estimate of drug-likeness (QED) is 0.424. The summed E-state index contributed by atoms with van der Waals surface area (Å²) in [6.45, 7) is 0. The molecule has 0 radical (unpaired) electrons. The Morgan fingerprint density at radius 2 is 1.88 bits per heavy atom. The van der Waals surface area contributed by atoms with Gasteiger partial charge in [0.25, 0.3) is 0 Å². The molecule has 0 fully saturated rings. The Kier molecular flexibility index (Phi) is 45.5. The normalized spacial score (nSPS) is 4.12. The molecular formula is H7AlFKMgO3Si. The van der Waals surface area contributed by atoms with E-state index >= 15 is 0 Å². The fourth-order valence-corrected chi connectivity index (χ4v) is 0. The number of hydrogen-bond donors (Lipinski definition) is 1. The van der Waals surface area contributed by atoms with Crippen molar-refractivity contribution in [2.75, 3.05) is 0 Å². The zero-order valence-corrected chi connectivity index (χ0v) is 9.39. The molecule has 3 nitrogen and oxygen atoms in total. The summed E-state index contributed by atoms with van der Waals surface area (Å²) >= 11 is 0. The molecule has 0 aromatic heterocycles. The predicted octanol–water partition coefficient (Wildman–Crippen LogP) is -4.93. The van der Waals surface area contributed by atoms with E-state index in [9.17, 15) is 4.53 Å². The zero-order valence-electron chi connectivity index (χ0n) is 6.85. The Balaban J connectivity index is -0.00000000533. The minimum atomic E-state index is -3.29. The minimum Gasteiger partial charge on any atom is -1.00 e. The first kappa shape index (κ1) is 22.4. The van der Waals surface area contributed by atoms with Gasteiger partial charge < -0.3 is 9.08 Å². The summed E-state index contributed by atoms with van der Waals surface area (Å²) in [5, 5.41) is 0. The van der Waals surface area contributed by atoms with E-state index in [1.807, 2.05) is 0 Å². The van der Waals surface area contributed by atoms with Crippen LogP contribution in [0.15, 0.2) is 0 Å². The van der Waals surface area contributed by atoms with E-state index in [0.717, 1.165) is 0 Å². The van der Waals surface area contributed by atoms with E-state index in [1.165, 1.54) is 0 Å². The molecule has 0 unspecified atom stereocenters. The van der Waals surface area contributed by atoms with Gasteiger partial charge in [0.15, 0.2) is 17.4 Å². The fraction of sp³-hybridized carbons (Fsp3) is 0. The summed E-state index contributed by atoms with van der Waals surface area (Å²) in [5.41, 5.74) is 0. The Hall–Kier alpha value is 2.48. The van der Waals surface area contributed by atoms with Gasteiger partial charge in [-0.15, -0.1) is 0 Å². The topological polar surface area (TPSA) is 46.5 Å². The maximum Gasteiger partial charge on any atom is 2.00 e. The van der Waals surface area contributed by atoms with Crippen molar-refractivity contribution in [1.29, 1.82) is 0 Å². The van der Waals surface area contributed by atoms with E-state index in [-0.39, 0.29) is 96.1 Å². The smallest absolute Gasteiger partial charge is 1.00 e. The fourth-order valence-electron chi connectivity index (χ4n) is 0. The van der Waals surface area contributed by atoms with Gasteiger partial charge in [0.05, 0.1) is 0 Å². The third-order valence-electron chi connectivity index (χ3n) is 0.0660. The summed E-state index contributed by atoms with van der Waals surface area (Å²) < 4.78 is 21.4. The first-order chi connectivity index (χ1) is 2.27. The van der Waals surface area contributed by atoms with E-state index in [1.54, 1.807) is 0 Å². The number of rotatable bonds is 1. The molecule has 0 amide bonds. The number of halogens is 1. The monoisotopic (exact) mass is 192 g/mol. The van der Waals surface area contributed by atoms with Crippen molar-refractivity contribution in [1.82, 2.24) is 0 Å². The van der Waals surface area contributed by atoms with Crippen LogP contribution in [0.2, 0.25) is 0 Å². The molecule has 0 spiro atoms. The van der Waals surface area contributed by atoms with Crippen molar-refractivity contribution in [2.45, 2.75) is 0 Å². The molecule has 1 N–H and O–H groups in total. The van der Waals surface area contributed by atoms with E-state index in [0.29, 0.717) is 0 Å². The van der Waals surface area contributed by atoms with Gasteiger partial charge >= 0.3 is 83.6 Å². The molecule has 42 valence electrons. The Morgan fingerprint density at radius 3 is 1.88 bits per heavy atom. The average Bonchev–Trinajstić information content (AvgIpc) is 1.38. The van der Waals surface area contributed by atoms with Crippen LogP contribution in [0.25, 0.3) is 0 Å². The third-order valence-corrected chi connectivity index (χ3v) is 0.198. The van der Waals surface area contributed by atoms with Crippen molar-refractivity contribution in [3.63, 3.8) is 0 Å². The van der Waals surface area contributed by atoms with Crippen LogP contribution in [0.4, 0.5) is 4.53 Å². The predicted molar refractivity (Wildman–Crippen MR) is 29.9 cm³/mol.